The first-order valence-electron chi connectivity index (χ1n) is 8.62. The van der Waals surface area contributed by atoms with E-state index in [1.54, 1.807) is 14.2 Å². The fraction of sp³-hybridized carbons (Fsp3) is 0.136. The van der Waals surface area contributed by atoms with Crippen LogP contribution < -0.4 is 9.47 Å². The molecule has 0 spiro atoms. The van der Waals surface area contributed by atoms with Crippen LogP contribution in [0.25, 0.3) is 33.7 Å². The molecule has 0 radical (unpaired) electrons. The standard InChI is InChI=1S/C22H19N3O2/c1-14-8-11-19(22-23-13-15-6-4-5-7-18(15)25-22)24-21(14)17-10-9-16(26-2)12-20(17)27-3/h4-13H,1-3H3. The monoisotopic (exact) mass is 357 g/mol. The van der Waals surface area contributed by atoms with Crippen molar-refractivity contribution in [1.82, 2.24) is 15.0 Å². The Hall–Kier alpha value is -3.47. The summed E-state index contributed by atoms with van der Waals surface area (Å²) in [6.45, 7) is 2.02. The highest BCUT2D eigenvalue weighted by atomic mass is 16.5. The molecule has 2 heterocycles. The highest BCUT2D eigenvalue weighted by Crippen LogP contribution is 2.34. The third kappa shape index (κ3) is 3.19. The summed E-state index contributed by atoms with van der Waals surface area (Å²) in [5.74, 6) is 2.05. The van der Waals surface area contributed by atoms with Gasteiger partial charge in [-0.15, -0.1) is 0 Å². The number of fused-ring (bicyclic) bond motifs is 1. The summed E-state index contributed by atoms with van der Waals surface area (Å²) < 4.78 is 10.8. The topological polar surface area (TPSA) is 57.1 Å². The Bertz CT molecular complexity index is 1130. The molecular formula is C22H19N3O2. The molecular weight excluding hydrogens is 338 g/mol. The highest BCUT2D eigenvalue weighted by Gasteiger charge is 2.14. The predicted molar refractivity (Wildman–Crippen MR) is 106 cm³/mol. The number of nitrogens with zero attached hydrogens (tertiary/aromatic N) is 3. The Morgan fingerprint density at radius 1 is 0.852 bits per heavy atom. The quantitative estimate of drug-likeness (QED) is 0.530. The van der Waals surface area contributed by atoms with E-state index in [2.05, 4.69) is 9.97 Å². The van der Waals surface area contributed by atoms with Gasteiger partial charge in [0, 0.05) is 23.2 Å². The molecule has 0 saturated heterocycles. The van der Waals surface area contributed by atoms with Crippen LogP contribution >= 0.6 is 0 Å². The maximum atomic E-state index is 5.55. The van der Waals surface area contributed by atoms with Crippen LogP contribution in [0.5, 0.6) is 11.5 Å². The van der Waals surface area contributed by atoms with Crippen LogP contribution in [0.3, 0.4) is 0 Å². The zero-order valence-corrected chi connectivity index (χ0v) is 15.4. The van der Waals surface area contributed by atoms with Gasteiger partial charge in [0.05, 0.1) is 25.4 Å². The number of pyridine rings is 1. The molecule has 0 amide bonds. The highest BCUT2D eigenvalue weighted by molar-refractivity contribution is 5.79. The van der Waals surface area contributed by atoms with Crippen LogP contribution in [0, 0.1) is 6.92 Å². The number of aryl methyl sites for hydroxylation is 1. The van der Waals surface area contributed by atoms with Crippen molar-refractivity contribution in [1.29, 1.82) is 0 Å². The maximum absolute atomic E-state index is 5.55. The molecule has 0 fully saturated rings. The zero-order chi connectivity index (χ0) is 18.8. The Labute approximate surface area is 157 Å². The summed E-state index contributed by atoms with van der Waals surface area (Å²) in [5.41, 5.74) is 4.40. The van der Waals surface area contributed by atoms with Crippen molar-refractivity contribution in [3.63, 3.8) is 0 Å². The van der Waals surface area contributed by atoms with Crippen molar-refractivity contribution in [3.05, 3.63) is 66.4 Å². The average Bonchev–Trinajstić information content (AvgIpc) is 2.73. The van der Waals surface area contributed by atoms with Crippen molar-refractivity contribution in [3.8, 4) is 34.3 Å². The second-order valence-electron chi connectivity index (χ2n) is 6.18. The first-order chi connectivity index (χ1) is 13.2. The molecule has 0 bridgehead atoms. The Kier molecular flexibility index (Phi) is 4.42. The maximum Gasteiger partial charge on any atom is 0.178 e. The van der Waals surface area contributed by atoms with Gasteiger partial charge >= 0.3 is 0 Å². The number of para-hydroxylation sites is 1. The molecule has 0 atom stereocenters. The van der Waals surface area contributed by atoms with Gasteiger partial charge in [-0.1, -0.05) is 24.3 Å². The fourth-order valence-corrected chi connectivity index (χ4v) is 3.02. The lowest BCUT2D eigenvalue weighted by Crippen LogP contribution is -1.98. The van der Waals surface area contributed by atoms with Gasteiger partial charge in [-0.25, -0.2) is 15.0 Å². The number of methoxy groups -OCH3 is 2. The molecule has 4 rings (SSSR count). The molecule has 0 aliphatic heterocycles. The third-order valence-corrected chi connectivity index (χ3v) is 4.48. The number of hydrogen-bond acceptors (Lipinski definition) is 5. The molecule has 5 heteroatoms. The van der Waals surface area contributed by atoms with E-state index in [-0.39, 0.29) is 0 Å². The van der Waals surface area contributed by atoms with Crippen molar-refractivity contribution in [2.75, 3.05) is 14.2 Å². The van der Waals surface area contributed by atoms with Gasteiger partial charge in [0.1, 0.15) is 17.2 Å². The van der Waals surface area contributed by atoms with Crippen molar-refractivity contribution >= 4 is 10.9 Å². The smallest absolute Gasteiger partial charge is 0.178 e. The molecule has 0 aliphatic rings. The normalized spacial score (nSPS) is 10.8. The Balaban J connectivity index is 1.84. The largest absolute Gasteiger partial charge is 0.497 e. The Morgan fingerprint density at radius 2 is 1.70 bits per heavy atom. The van der Waals surface area contributed by atoms with Crippen LogP contribution in [0.15, 0.2) is 60.8 Å². The molecule has 4 aromatic rings. The SMILES string of the molecule is COc1ccc(-c2nc(-c3ncc4ccccc4n3)ccc2C)c(OC)c1. The van der Waals surface area contributed by atoms with Crippen molar-refractivity contribution < 1.29 is 9.47 Å². The summed E-state index contributed by atoms with van der Waals surface area (Å²) in [7, 11) is 3.28. The molecule has 27 heavy (non-hydrogen) atoms. The lowest BCUT2D eigenvalue weighted by Gasteiger charge is -2.13. The van der Waals surface area contributed by atoms with Crippen LogP contribution in [0.2, 0.25) is 0 Å². The minimum Gasteiger partial charge on any atom is -0.497 e. The molecule has 0 unspecified atom stereocenters. The number of aromatic nitrogens is 3. The van der Waals surface area contributed by atoms with E-state index in [1.807, 2.05) is 67.7 Å². The van der Waals surface area contributed by atoms with Gasteiger partial charge in [-0.3, -0.25) is 0 Å². The van der Waals surface area contributed by atoms with E-state index >= 15 is 0 Å². The van der Waals surface area contributed by atoms with Crippen LogP contribution in [-0.2, 0) is 0 Å². The minimum atomic E-state index is 0.599. The molecule has 2 aromatic carbocycles. The summed E-state index contributed by atoms with van der Waals surface area (Å²) in [5, 5.41) is 1.01. The molecule has 0 N–H and O–H groups in total. The lowest BCUT2D eigenvalue weighted by molar-refractivity contribution is 0.395. The van der Waals surface area contributed by atoms with Crippen molar-refractivity contribution in [2.24, 2.45) is 0 Å². The van der Waals surface area contributed by atoms with Crippen LogP contribution in [0.4, 0.5) is 0 Å². The van der Waals surface area contributed by atoms with Gasteiger partial charge in [0.2, 0.25) is 0 Å². The zero-order valence-electron chi connectivity index (χ0n) is 15.4. The van der Waals surface area contributed by atoms with E-state index in [0.29, 0.717) is 11.6 Å². The molecule has 2 aromatic heterocycles. The lowest BCUT2D eigenvalue weighted by atomic mass is 10.0. The van der Waals surface area contributed by atoms with Gasteiger partial charge in [0.25, 0.3) is 0 Å². The van der Waals surface area contributed by atoms with Crippen LogP contribution in [0.1, 0.15) is 5.56 Å². The fourth-order valence-electron chi connectivity index (χ4n) is 3.02. The predicted octanol–water partition coefficient (Wildman–Crippen LogP) is 4.68. The minimum absolute atomic E-state index is 0.599. The van der Waals surface area contributed by atoms with E-state index in [0.717, 1.165) is 39.2 Å². The number of rotatable bonds is 4. The summed E-state index contributed by atoms with van der Waals surface area (Å²) in [6, 6.07) is 17.6. The third-order valence-electron chi connectivity index (χ3n) is 4.48. The Morgan fingerprint density at radius 3 is 2.52 bits per heavy atom. The summed E-state index contributed by atoms with van der Waals surface area (Å²) in [6.07, 6.45) is 1.83. The number of hydrogen-bond donors (Lipinski definition) is 0. The van der Waals surface area contributed by atoms with Gasteiger partial charge < -0.3 is 9.47 Å². The van der Waals surface area contributed by atoms with E-state index in [4.69, 9.17) is 14.5 Å². The van der Waals surface area contributed by atoms with E-state index in [1.165, 1.54) is 0 Å². The average molecular weight is 357 g/mol. The molecule has 5 nitrogen and oxygen atoms in total. The summed E-state index contributed by atoms with van der Waals surface area (Å²) >= 11 is 0. The second kappa shape index (κ2) is 7.03. The van der Waals surface area contributed by atoms with Gasteiger partial charge in [-0.05, 0) is 36.8 Å². The van der Waals surface area contributed by atoms with Crippen molar-refractivity contribution in [2.45, 2.75) is 6.92 Å². The summed E-state index contributed by atoms with van der Waals surface area (Å²) in [4.78, 5) is 14.0. The van der Waals surface area contributed by atoms with E-state index in [9.17, 15) is 0 Å². The number of ether oxygens (including phenoxy) is 2. The second-order valence-corrected chi connectivity index (χ2v) is 6.18. The van der Waals surface area contributed by atoms with Gasteiger partial charge in [-0.2, -0.15) is 0 Å². The van der Waals surface area contributed by atoms with Crippen LogP contribution in [-0.4, -0.2) is 29.2 Å². The van der Waals surface area contributed by atoms with E-state index < -0.39 is 0 Å². The molecule has 0 saturated carbocycles. The van der Waals surface area contributed by atoms with Gasteiger partial charge in [0.15, 0.2) is 5.82 Å². The first-order valence-corrected chi connectivity index (χ1v) is 8.62. The molecule has 0 aliphatic carbocycles. The number of benzene rings is 2. The first kappa shape index (κ1) is 17.0. The molecule has 134 valence electrons.